The van der Waals surface area contributed by atoms with E-state index in [0.717, 1.165) is 12.8 Å². The summed E-state index contributed by atoms with van der Waals surface area (Å²) in [4.78, 5) is 11.7. The van der Waals surface area contributed by atoms with E-state index in [1.165, 1.54) is 0 Å². The minimum absolute atomic E-state index is 0.568. The van der Waals surface area contributed by atoms with Gasteiger partial charge in [-0.25, -0.2) is 4.79 Å². The first kappa shape index (κ1) is 13.7. The molecule has 2 N–H and O–H groups in total. The lowest BCUT2D eigenvalue weighted by Crippen LogP contribution is -2.51. The molecular weight excluding hydrogens is 246 g/mol. The highest BCUT2D eigenvalue weighted by molar-refractivity contribution is 5.81. The second kappa shape index (κ2) is 5.48. The molecule has 1 aromatic carbocycles. The maximum absolute atomic E-state index is 11.7. The van der Waals surface area contributed by atoms with Crippen LogP contribution >= 0.6 is 0 Å². The maximum Gasteiger partial charge on any atom is 0.328 e. The molecular formula is C14H19NO4. The fourth-order valence-electron chi connectivity index (χ4n) is 2.51. The molecule has 0 spiro atoms. The topological polar surface area (TPSA) is 67.8 Å². The van der Waals surface area contributed by atoms with Crippen molar-refractivity contribution in [1.82, 2.24) is 5.32 Å². The second-order valence-corrected chi connectivity index (χ2v) is 4.70. The largest absolute Gasteiger partial charge is 0.497 e. The smallest absolute Gasteiger partial charge is 0.328 e. The normalized spacial score (nSPS) is 22.8. The Morgan fingerprint density at radius 1 is 1.21 bits per heavy atom. The highest BCUT2D eigenvalue weighted by Gasteiger charge is 2.41. The Labute approximate surface area is 112 Å². The van der Waals surface area contributed by atoms with Gasteiger partial charge in [0.25, 0.3) is 0 Å². The average Bonchev–Trinajstić information content (AvgIpc) is 2.47. The van der Waals surface area contributed by atoms with Crippen LogP contribution in [0.15, 0.2) is 18.2 Å². The van der Waals surface area contributed by atoms with E-state index in [2.05, 4.69) is 5.32 Å². The number of methoxy groups -OCH3 is 2. The van der Waals surface area contributed by atoms with Crippen LogP contribution in [-0.4, -0.2) is 31.8 Å². The van der Waals surface area contributed by atoms with Crippen molar-refractivity contribution in [3.63, 3.8) is 0 Å². The molecule has 1 atom stereocenters. The molecule has 1 aliphatic heterocycles. The number of hydrogen-bond acceptors (Lipinski definition) is 4. The predicted octanol–water partition coefficient (Wildman–Crippen LogP) is 1.76. The first-order chi connectivity index (χ1) is 9.12. The number of carboxylic acid groups (broad SMARTS) is 1. The molecule has 0 saturated carbocycles. The molecule has 0 amide bonds. The van der Waals surface area contributed by atoms with E-state index in [4.69, 9.17) is 9.47 Å². The van der Waals surface area contributed by atoms with Gasteiger partial charge >= 0.3 is 5.97 Å². The molecule has 1 fully saturated rings. The van der Waals surface area contributed by atoms with Crippen molar-refractivity contribution in [2.24, 2.45) is 0 Å². The highest BCUT2D eigenvalue weighted by atomic mass is 16.5. The van der Waals surface area contributed by atoms with Crippen LogP contribution in [0.1, 0.15) is 24.8 Å². The Balaban J connectivity index is 2.49. The SMILES string of the molecule is COc1cc(OC)cc(C2(C(=O)O)CCCCN2)c1. The Kier molecular flexibility index (Phi) is 3.95. The van der Waals surface area contributed by atoms with Crippen molar-refractivity contribution in [3.05, 3.63) is 23.8 Å². The molecule has 1 aliphatic rings. The van der Waals surface area contributed by atoms with E-state index in [1.54, 1.807) is 32.4 Å². The number of carbonyl (C=O) groups is 1. The van der Waals surface area contributed by atoms with E-state index in [1.807, 2.05) is 0 Å². The second-order valence-electron chi connectivity index (χ2n) is 4.70. The molecule has 1 aromatic rings. The summed E-state index contributed by atoms with van der Waals surface area (Å²) < 4.78 is 10.4. The third kappa shape index (κ3) is 2.51. The van der Waals surface area contributed by atoms with Crippen molar-refractivity contribution in [3.8, 4) is 11.5 Å². The van der Waals surface area contributed by atoms with Gasteiger partial charge < -0.3 is 14.6 Å². The molecule has 2 rings (SSSR count). The summed E-state index contributed by atoms with van der Waals surface area (Å²) in [6, 6.07) is 5.26. The van der Waals surface area contributed by atoms with Crippen molar-refractivity contribution in [2.75, 3.05) is 20.8 Å². The van der Waals surface area contributed by atoms with Gasteiger partial charge in [0.15, 0.2) is 0 Å². The molecule has 1 unspecified atom stereocenters. The summed E-state index contributed by atoms with van der Waals surface area (Å²) in [6.45, 7) is 0.700. The molecule has 0 aromatic heterocycles. The third-order valence-corrected chi connectivity index (χ3v) is 3.61. The fraction of sp³-hybridized carbons (Fsp3) is 0.500. The van der Waals surface area contributed by atoms with E-state index in [0.29, 0.717) is 30.0 Å². The number of piperidine rings is 1. The van der Waals surface area contributed by atoms with E-state index in [-0.39, 0.29) is 0 Å². The van der Waals surface area contributed by atoms with Crippen molar-refractivity contribution >= 4 is 5.97 Å². The highest BCUT2D eigenvalue weighted by Crippen LogP contribution is 2.35. The van der Waals surface area contributed by atoms with E-state index >= 15 is 0 Å². The Morgan fingerprint density at radius 2 is 1.84 bits per heavy atom. The Hall–Kier alpha value is -1.75. The number of ether oxygens (including phenoxy) is 2. The monoisotopic (exact) mass is 265 g/mol. The van der Waals surface area contributed by atoms with Gasteiger partial charge in [-0.05, 0) is 43.5 Å². The summed E-state index contributed by atoms with van der Waals surface area (Å²) in [7, 11) is 3.11. The fourth-order valence-corrected chi connectivity index (χ4v) is 2.51. The van der Waals surface area contributed by atoms with Crippen molar-refractivity contribution < 1.29 is 19.4 Å². The van der Waals surface area contributed by atoms with Gasteiger partial charge in [-0.1, -0.05) is 0 Å². The van der Waals surface area contributed by atoms with Gasteiger partial charge in [0.2, 0.25) is 0 Å². The first-order valence-electron chi connectivity index (χ1n) is 6.34. The molecule has 5 nitrogen and oxygen atoms in total. The Morgan fingerprint density at radius 3 is 2.26 bits per heavy atom. The molecule has 104 valence electrons. The average molecular weight is 265 g/mol. The maximum atomic E-state index is 11.7. The van der Waals surface area contributed by atoms with Gasteiger partial charge in [0.1, 0.15) is 17.0 Å². The number of benzene rings is 1. The molecule has 5 heteroatoms. The standard InChI is InChI=1S/C14H19NO4/c1-18-11-7-10(8-12(9-11)19-2)14(13(16)17)5-3-4-6-15-14/h7-9,15H,3-6H2,1-2H3,(H,16,17). The lowest BCUT2D eigenvalue weighted by Gasteiger charge is -2.35. The number of hydrogen-bond donors (Lipinski definition) is 2. The molecule has 0 bridgehead atoms. The summed E-state index contributed by atoms with van der Waals surface area (Å²) in [5, 5.41) is 12.8. The summed E-state index contributed by atoms with van der Waals surface area (Å²) in [6.07, 6.45) is 2.45. The molecule has 19 heavy (non-hydrogen) atoms. The molecule has 0 radical (unpaired) electrons. The Bertz CT molecular complexity index is 444. The zero-order valence-corrected chi connectivity index (χ0v) is 11.2. The van der Waals surface area contributed by atoms with Crippen LogP contribution in [-0.2, 0) is 10.3 Å². The minimum atomic E-state index is -1.04. The van der Waals surface area contributed by atoms with Gasteiger partial charge in [-0.15, -0.1) is 0 Å². The van der Waals surface area contributed by atoms with Crippen LogP contribution in [0.3, 0.4) is 0 Å². The quantitative estimate of drug-likeness (QED) is 0.868. The number of carboxylic acids is 1. The van der Waals surface area contributed by atoms with E-state index in [9.17, 15) is 9.90 Å². The third-order valence-electron chi connectivity index (χ3n) is 3.61. The first-order valence-corrected chi connectivity index (χ1v) is 6.34. The number of rotatable bonds is 4. The van der Waals surface area contributed by atoms with Crippen LogP contribution in [0.5, 0.6) is 11.5 Å². The van der Waals surface area contributed by atoms with Crippen LogP contribution in [0.2, 0.25) is 0 Å². The zero-order valence-electron chi connectivity index (χ0n) is 11.2. The van der Waals surface area contributed by atoms with Crippen molar-refractivity contribution in [2.45, 2.75) is 24.8 Å². The van der Waals surface area contributed by atoms with Gasteiger partial charge in [-0.2, -0.15) is 0 Å². The predicted molar refractivity (Wildman–Crippen MR) is 70.7 cm³/mol. The van der Waals surface area contributed by atoms with Gasteiger partial charge in [0.05, 0.1) is 14.2 Å². The summed E-state index contributed by atoms with van der Waals surface area (Å²) in [5.41, 5.74) is -0.365. The van der Waals surface area contributed by atoms with Crippen LogP contribution in [0.4, 0.5) is 0 Å². The molecule has 1 saturated heterocycles. The van der Waals surface area contributed by atoms with Crippen molar-refractivity contribution in [1.29, 1.82) is 0 Å². The van der Waals surface area contributed by atoms with Crippen LogP contribution in [0.25, 0.3) is 0 Å². The van der Waals surface area contributed by atoms with Crippen LogP contribution < -0.4 is 14.8 Å². The lowest BCUT2D eigenvalue weighted by molar-refractivity contribution is -0.146. The minimum Gasteiger partial charge on any atom is -0.497 e. The van der Waals surface area contributed by atoms with E-state index < -0.39 is 11.5 Å². The van der Waals surface area contributed by atoms with Gasteiger partial charge in [0, 0.05) is 6.07 Å². The number of aliphatic carboxylic acids is 1. The van der Waals surface area contributed by atoms with Crippen LogP contribution in [0, 0.1) is 0 Å². The molecule has 0 aliphatic carbocycles. The zero-order chi connectivity index (χ0) is 13.9. The lowest BCUT2D eigenvalue weighted by atomic mass is 9.82. The summed E-state index contributed by atoms with van der Waals surface area (Å²) in [5.74, 6) is 0.340. The number of nitrogens with one attached hydrogen (secondary N) is 1. The summed E-state index contributed by atoms with van der Waals surface area (Å²) >= 11 is 0. The van der Waals surface area contributed by atoms with Gasteiger partial charge in [-0.3, -0.25) is 5.32 Å². The molecule has 1 heterocycles.